The van der Waals surface area contributed by atoms with Crippen LogP contribution in [0, 0.1) is 0 Å². The second kappa shape index (κ2) is 15.6. The molecule has 0 amide bonds. The Balaban J connectivity index is 3.64. The number of carbonyl (C=O) groups is 1. The Morgan fingerprint density at radius 3 is 1.52 bits per heavy atom. The molecule has 21 heavy (non-hydrogen) atoms. The van der Waals surface area contributed by atoms with Gasteiger partial charge < -0.3 is 9.94 Å². The van der Waals surface area contributed by atoms with Crippen molar-refractivity contribution >= 4 is 6.16 Å². The summed E-state index contributed by atoms with van der Waals surface area (Å²) >= 11 is 0. The van der Waals surface area contributed by atoms with Crippen molar-refractivity contribution in [1.82, 2.24) is 5.06 Å². The standard InChI is InChI=1S/C17H35NO3/c1-3-5-7-9-11-13-15-18(21-17(19)20)16-14-12-10-8-6-4-2/h3-16H2,1-2H3,(H,19,20). The van der Waals surface area contributed by atoms with E-state index in [-0.39, 0.29) is 0 Å². The van der Waals surface area contributed by atoms with E-state index in [0.29, 0.717) is 0 Å². The van der Waals surface area contributed by atoms with E-state index in [9.17, 15) is 4.79 Å². The third-order valence-electron chi connectivity index (χ3n) is 3.73. The molecule has 0 spiro atoms. The third-order valence-corrected chi connectivity index (χ3v) is 3.73. The lowest BCUT2D eigenvalue weighted by atomic mass is 10.1. The van der Waals surface area contributed by atoms with Crippen LogP contribution in [0.15, 0.2) is 0 Å². The molecule has 0 atom stereocenters. The Morgan fingerprint density at radius 1 is 0.762 bits per heavy atom. The summed E-state index contributed by atoms with van der Waals surface area (Å²) in [6.45, 7) is 5.88. The van der Waals surface area contributed by atoms with E-state index in [4.69, 9.17) is 9.94 Å². The van der Waals surface area contributed by atoms with Gasteiger partial charge in [-0.25, -0.2) is 4.79 Å². The molecule has 0 saturated carbocycles. The topological polar surface area (TPSA) is 49.8 Å². The van der Waals surface area contributed by atoms with E-state index in [2.05, 4.69) is 13.8 Å². The number of carboxylic acid groups (broad SMARTS) is 1. The van der Waals surface area contributed by atoms with Crippen LogP contribution in [0.5, 0.6) is 0 Å². The summed E-state index contributed by atoms with van der Waals surface area (Å²) in [5.74, 6) is 0. The molecule has 126 valence electrons. The number of hydroxylamine groups is 2. The molecule has 0 fully saturated rings. The molecule has 0 heterocycles. The molecule has 1 N–H and O–H groups in total. The Kier molecular flexibility index (Phi) is 15.0. The van der Waals surface area contributed by atoms with Gasteiger partial charge in [-0.15, -0.1) is 5.06 Å². The van der Waals surface area contributed by atoms with Crippen LogP contribution >= 0.6 is 0 Å². The van der Waals surface area contributed by atoms with Gasteiger partial charge in [-0.3, -0.25) is 0 Å². The molecule has 0 aromatic heterocycles. The Hall–Kier alpha value is -0.770. The minimum absolute atomic E-state index is 0.730. The maximum Gasteiger partial charge on any atom is 0.525 e. The number of rotatable bonds is 15. The van der Waals surface area contributed by atoms with E-state index in [1.54, 1.807) is 5.06 Å². The zero-order valence-electron chi connectivity index (χ0n) is 14.1. The van der Waals surface area contributed by atoms with Crippen molar-refractivity contribution in [2.75, 3.05) is 13.1 Å². The van der Waals surface area contributed by atoms with Gasteiger partial charge in [-0.2, -0.15) is 0 Å². The first-order chi connectivity index (χ1) is 10.2. The van der Waals surface area contributed by atoms with Gasteiger partial charge in [0.05, 0.1) is 0 Å². The van der Waals surface area contributed by atoms with Crippen molar-refractivity contribution in [2.24, 2.45) is 0 Å². The first-order valence-electron chi connectivity index (χ1n) is 8.86. The van der Waals surface area contributed by atoms with Gasteiger partial charge in [0, 0.05) is 13.1 Å². The summed E-state index contributed by atoms with van der Waals surface area (Å²) in [6.07, 6.45) is 13.3. The third kappa shape index (κ3) is 15.4. The van der Waals surface area contributed by atoms with Crippen molar-refractivity contribution in [3.05, 3.63) is 0 Å². The molecule has 0 aliphatic rings. The largest absolute Gasteiger partial charge is 0.525 e. The van der Waals surface area contributed by atoms with Crippen LogP contribution in [-0.2, 0) is 4.84 Å². The van der Waals surface area contributed by atoms with Gasteiger partial charge in [0.2, 0.25) is 0 Å². The molecule has 4 heteroatoms. The summed E-state index contributed by atoms with van der Waals surface area (Å²) < 4.78 is 0. The van der Waals surface area contributed by atoms with Crippen LogP contribution in [0.25, 0.3) is 0 Å². The molecule has 0 aliphatic heterocycles. The maximum atomic E-state index is 10.7. The molecule has 0 bridgehead atoms. The van der Waals surface area contributed by atoms with Gasteiger partial charge in [-0.05, 0) is 12.8 Å². The van der Waals surface area contributed by atoms with Crippen LogP contribution in [0.1, 0.15) is 90.9 Å². The quantitative estimate of drug-likeness (QED) is 0.315. The van der Waals surface area contributed by atoms with Crippen LogP contribution in [0.3, 0.4) is 0 Å². The molecule has 4 nitrogen and oxygen atoms in total. The van der Waals surface area contributed by atoms with Crippen molar-refractivity contribution in [1.29, 1.82) is 0 Å². The normalized spacial score (nSPS) is 11.0. The lowest BCUT2D eigenvalue weighted by Crippen LogP contribution is -2.28. The second-order valence-corrected chi connectivity index (χ2v) is 5.82. The lowest BCUT2D eigenvalue weighted by molar-refractivity contribution is -0.121. The molecule has 0 aliphatic carbocycles. The van der Waals surface area contributed by atoms with Gasteiger partial charge in [0.25, 0.3) is 0 Å². The molecule has 0 rings (SSSR count). The Bertz CT molecular complexity index is 218. The zero-order chi connectivity index (χ0) is 15.8. The van der Waals surface area contributed by atoms with Crippen LogP contribution < -0.4 is 0 Å². The number of hydrogen-bond acceptors (Lipinski definition) is 3. The summed E-state index contributed by atoms with van der Waals surface area (Å²) in [7, 11) is 0. The van der Waals surface area contributed by atoms with Crippen LogP contribution in [0.4, 0.5) is 4.79 Å². The van der Waals surface area contributed by atoms with Crippen LogP contribution in [-0.4, -0.2) is 29.4 Å². The fourth-order valence-electron chi connectivity index (χ4n) is 2.45. The predicted octanol–water partition coefficient (Wildman–Crippen LogP) is 5.62. The average Bonchev–Trinajstić information content (AvgIpc) is 2.45. The molecule has 0 saturated heterocycles. The van der Waals surface area contributed by atoms with Crippen molar-refractivity contribution in [3.8, 4) is 0 Å². The van der Waals surface area contributed by atoms with Gasteiger partial charge >= 0.3 is 6.16 Å². The summed E-state index contributed by atoms with van der Waals surface area (Å²) in [4.78, 5) is 15.5. The monoisotopic (exact) mass is 301 g/mol. The Morgan fingerprint density at radius 2 is 1.14 bits per heavy atom. The van der Waals surface area contributed by atoms with Crippen molar-refractivity contribution in [3.63, 3.8) is 0 Å². The highest BCUT2D eigenvalue weighted by molar-refractivity contribution is 5.56. The van der Waals surface area contributed by atoms with Crippen LogP contribution in [0.2, 0.25) is 0 Å². The van der Waals surface area contributed by atoms with Gasteiger partial charge in [0.1, 0.15) is 0 Å². The minimum Gasteiger partial charge on any atom is -0.448 e. The molecule has 0 radical (unpaired) electrons. The molecule has 0 aromatic carbocycles. The number of unbranched alkanes of at least 4 members (excludes halogenated alkanes) is 10. The maximum absolute atomic E-state index is 10.7. The van der Waals surface area contributed by atoms with Crippen molar-refractivity contribution < 1.29 is 14.7 Å². The first kappa shape index (κ1) is 20.2. The van der Waals surface area contributed by atoms with E-state index < -0.39 is 6.16 Å². The first-order valence-corrected chi connectivity index (χ1v) is 8.86. The summed E-state index contributed by atoms with van der Waals surface area (Å²) in [5, 5.41) is 10.4. The highest BCUT2D eigenvalue weighted by Gasteiger charge is 2.09. The van der Waals surface area contributed by atoms with E-state index in [1.807, 2.05) is 0 Å². The highest BCUT2D eigenvalue weighted by atomic mass is 16.8. The van der Waals surface area contributed by atoms with E-state index >= 15 is 0 Å². The molecule has 0 aromatic rings. The summed E-state index contributed by atoms with van der Waals surface area (Å²) in [6, 6.07) is 0. The fourth-order valence-corrected chi connectivity index (χ4v) is 2.45. The molecule has 0 unspecified atom stereocenters. The number of nitrogens with zero attached hydrogens (tertiary/aromatic N) is 1. The predicted molar refractivity (Wildman–Crippen MR) is 87.4 cm³/mol. The summed E-state index contributed by atoms with van der Waals surface area (Å²) in [5.41, 5.74) is 0. The Labute approximate surface area is 130 Å². The number of hydrogen-bond donors (Lipinski definition) is 1. The van der Waals surface area contributed by atoms with Gasteiger partial charge in [-0.1, -0.05) is 78.1 Å². The lowest BCUT2D eigenvalue weighted by Gasteiger charge is -2.19. The highest BCUT2D eigenvalue weighted by Crippen LogP contribution is 2.09. The second-order valence-electron chi connectivity index (χ2n) is 5.82. The average molecular weight is 301 g/mol. The molecular weight excluding hydrogens is 266 g/mol. The van der Waals surface area contributed by atoms with E-state index in [0.717, 1.165) is 38.8 Å². The minimum atomic E-state index is -1.19. The molecular formula is C17H35NO3. The SMILES string of the molecule is CCCCCCCCN(CCCCCCCC)OC(=O)O. The fraction of sp³-hybridized carbons (Fsp3) is 0.941. The smallest absolute Gasteiger partial charge is 0.448 e. The van der Waals surface area contributed by atoms with Crippen molar-refractivity contribution in [2.45, 2.75) is 90.9 Å². The van der Waals surface area contributed by atoms with E-state index in [1.165, 1.54) is 51.4 Å². The zero-order valence-corrected chi connectivity index (χ0v) is 14.1. The van der Waals surface area contributed by atoms with Gasteiger partial charge in [0.15, 0.2) is 0 Å².